The molecule has 134 valence electrons. The first-order chi connectivity index (χ1) is 12.5. The number of benzene rings is 2. The van der Waals surface area contributed by atoms with E-state index in [0.717, 1.165) is 5.69 Å². The number of para-hydroxylation sites is 1. The van der Waals surface area contributed by atoms with E-state index < -0.39 is 5.92 Å². The Kier molecular flexibility index (Phi) is 5.23. The minimum absolute atomic E-state index is 0.0847. The van der Waals surface area contributed by atoms with Crippen LogP contribution in [0.1, 0.15) is 16.8 Å². The van der Waals surface area contributed by atoms with Gasteiger partial charge in [-0.05, 0) is 30.3 Å². The average molecular weight is 372 g/mol. The fraction of sp³-hybridized carbons (Fsp3) is 0.211. The van der Waals surface area contributed by atoms with Crippen molar-refractivity contribution in [2.24, 2.45) is 5.92 Å². The second-order valence-corrected chi connectivity index (χ2v) is 6.41. The van der Waals surface area contributed by atoms with Gasteiger partial charge in [0, 0.05) is 31.4 Å². The van der Waals surface area contributed by atoms with E-state index in [9.17, 15) is 14.4 Å². The number of nitrogens with zero attached hydrogens (tertiary/aromatic N) is 1. The van der Waals surface area contributed by atoms with Crippen molar-refractivity contribution >= 4 is 40.7 Å². The molecule has 7 heteroatoms. The lowest BCUT2D eigenvalue weighted by Crippen LogP contribution is -2.28. The van der Waals surface area contributed by atoms with Gasteiger partial charge in [-0.25, -0.2) is 0 Å². The van der Waals surface area contributed by atoms with Crippen molar-refractivity contribution in [2.75, 3.05) is 23.8 Å². The number of anilines is 2. The van der Waals surface area contributed by atoms with Gasteiger partial charge in [-0.2, -0.15) is 0 Å². The summed E-state index contributed by atoms with van der Waals surface area (Å²) in [5, 5.41) is 5.57. The van der Waals surface area contributed by atoms with E-state index in [0.29, 0.717) is 17.3 Å². The maximum absolute atomic E-state index is 12.5. The predicted octanol–water partition coefficient (Wildman–Crippen LogP) is 2.69. The molecule has 2 N–H and O–H groups in total. The van der Waals surface area contributed by atoms with Crippen molar-refractivity contribution in [1.29, 1.82) is 0 Å². The number of amides is 3. The molecule has 1 atom stereocenters. The first-order valence-corrected chi connectivity index (χ1v) is 8.55. The van der Waals surface area contributed by atoms with E-state index >= 15 is 0 Å². The van der Waals surface area contributed by atoms with Gasteiger partial charge < -0.3 is 15.5 Å². The quantitative estimate of drug-likeness (QED) is 0.867. The Morgan fingerprint density at radius 3 is 2.58 bits per heavy atom. The molecule has 3 amide bonds. The highest BCUT2D eigenvalue weighted by Gasteiger charge is 2.35. The van der Waals surface area contributed by atoms with Crippen LogP contribution in [0.25, 0.3) is 0 Å². The zero-order valence-corrected chi connectivity index (χ0v) is 14.9. The van der Waals surface area contributed by atoms with Crippen LogP contribution in [-0.4, -0.2) is 31.3 Å². The van der Waals surface area contributed by atoms with Crippen LogP contribution >= 0.6 is 11.6 Å². The van der Waals surface area contributed by atoms with Crippen LogP contribution in [0.4, 0.5) is 11.4 Å². The van der Waals surface area contributed by atoms with Crippen LogP contribution in [0.3, 0.4) is 0 Å². The topological polar surface area (TPSA) is 78.5 Å². The molecule has 0 radical (unpaired) electrons. The number of carbonyl (C=O) groups excluding carboxylic acids is 3. The standard InChI is InChI=1S/C19H18ClN3O3/c1-21-19(26)15-10-13(7-8-16(15)20)22-18(25)12-9-17(24)23(11-12)14-5-3-2-4-6-14/h2-8,10,12H,9,11H2,1H3,(H,21,26)(H,22,25)/t12-/m0/s1. The third kappa shape index (κ3) is 3.70. The first kappa shape index (κ1) is 17.9. The molecular formula is C19H18ClN3O3. The Bertz CT molecular complexity index is 854. The SMILES string of the molecule is CNC(=O)c1cc(NC(=O)[C@H]2CC(=O)N(c3ccccc3)C2)ccc1Cl. The smallest absolute Gasteiger partial charge is 0.252 e. The van der Waals surface area contributed by atoms with Crippen LogP contribution in [0.5, 0.6) is 0 Å². The summed E-state index contributed by atoms with van der Waals surface area (Å²) < 4.78 is 0. The molecule has 6 nitrogen and oxygen atoms in total. The number of carbonyl (C=O) groups is 3. The predicted molar refractivity (Wildman–Crippen MR) is 100 cm³/mol. The highest BCUT2D eigenvalue weighted by atomic mass is 35.5. The highest BCUT2D eigenvalue weighted by Crippen LogP contribution is 2.26. The van der Waals surface area contributed by atoms with Crippen molar-refractivity contribution < 1.29 is 14.4 Å². The van der Waals surface area contributed by atoms with E-state index in [1.807, 2.05) is 30.3 Å². The van der Waals surface area contributed by atoms with Crippen molar-refractivity contribution in [3.05, 3.63) is 59.1 Å². The van der Waals surface area contributed by atoms with E-state index in [-0.39, 0.29) is 29.7 Å². The molecule has 1 saturated heterocycles. The van der Waals surface area contributed by atoms with Gasteiger partial charge in [-0.1, -0.05) is 29.8 Å². The second-order valence-electron chi connectivity index (χ2n) is 6.00. The van der Waals surface area contributed by atoms with Gasteiger partial charge in [-0.15, -0.1) is 0 Å². The summed E-state index contributed by atoms with van der Waals surface area (Å²) in [6.07, 6.45) is 0.149. The molecule has 1 fully saturated rings. The second kappa shape index (κ2) is 7.58. The summed E-state index contributed by atoms with van der Waals surface area (Å²) in [7, 11) is 1.51. The molecule has 0 aliphatic carbocycles. The average Bonchev–Trinajstić information content (AvgIpc) is 3.05. The van der Waals surface area contributed by atoms with Gasteiger partial charge in [0.05, 0.1) is 16.5 Å². The summed E-state index contributed by atoms with van der Waals surface area (Å²) in [5.74, 6) is -1.14. The zero-order chi connectivity index (χ0) is 18.7. The maximum Gasteiger partial charge on any atom is 0.252 e. The number of hydrogen-bond acceptors (Lipinski definition) is 3. The van der Waals surface area contributed by atoms with Gasteiger partial charge in [-0.3, -0.25) is 14.4 Å². The molecule has 0 bridgehead atoms. The molecule has 0 aromatic heterocycles. The minimum Gasteiger partial charge on any atom is -0.355 e. The van der Waals surface area contributed by atoms with Crippen molar-refractivity contribution in [2.45, 2.75) is 6.42 Å². The van der Waals surface area contributed by atoms with Crippen LogP contribution in [0, 0.1) is 5.92 Å². The Morgan fingerprint density at radius 2 is 1.88 bits per heavy atom. The molecule has 26 heavy (non-hydrogen) atoms. The van der Waals surface area contributed by atoms with Gasteiger partial charge >= 0.3 is 0 Å². The first-order valence-electron chi connectivity index (χ1n) is 8.17. The van der Waals surface area contributed by atoms with Crippen LogP contribution in [0.15, 0.2) is 48.5 Å². The summed E-state index contributed by atoms with van der Waals surface area (Å²) in [5.41, 5.74) is 1.52. The number of halogens is 1. The molecule has 3 rings (SSSR count). The third-order valence-electron chi connectivity index (χ3n) is 4.27. The number of nitrogens with one attached hydrogen (secondary N) is 2. The van der Waals surface area contributed by atoms with Gasteiger partial charge in [0.2, 0.25) is 11.8 Å². The van der Waals surface area contributed by atoms with Gasteiger partial charge in [0.1, 0.15) is 0 Å². The maximum atomic E-state index is 12.5. The normalized spacial score (nSPS) is 16.5. The Labute approximate surface area is 156 Å². The van der Waals surface area contributed by atoms with Crippen molar-refractivity contribution in [3.8, 4) is 0 Å². The Hall–Kier alpha value is -2.86. The van der Waals surface area contributed by atoms with Crippen molar-refractivity contribution in [3.63, 3.8) is 0 Å². The molecule has 0 unspecified atom stereocenters. The van der Waals surface area contributed by atoms with Crippen molar-refractivity contribution in [1.82, 2.24) is 5.32 Å². The molecule has 1 heterocycles. The molecule has 0 saturated carbocycles. The summed E-state index contributed by atoms with van der Waals surface area (Å²) in [6.45, 7) is 0.324. The monoisotopic (exact) mass is 371 g/mol. The Morgan fingerprint density at radius 1 is 1.15 bits per heavy atom. The van der Waals surface area contributed by atoms with E-state index in [4.69, 9.17) is 11.6 Å². The molecule has 1 aliphatic rings. The largest absolute Gasteiger partial charge is 0.355 e. The summed E-state index contributed by atoms with van der Waals surface area (Å²) in [4.78, 5) is 38.2. The molecule has 1 aliphatic heterocycles. The van der Waals surface area contributed by atoms with E-state index in [2.05, 4.69) is 10.6 Å². The van der Waals surface area contributed by atoms with E-state index in [1.165, 1.54) is 13.1 Å². The Balaban J connectivity index is 1.71. The molecule has 2 aromatic rings. The number of hydrogen-bond donors (Lipinski definition) is 2. The molecule has 0 spiro atoms. The van der Waals surface area contributed by atoms with E-state index in [1.54, 1.807) is 17.0 Å². The lowest BCUT2D eigenvalue weighted by molar-refractivity contribution is -0.122. The third-order valence-corrected chi connectivity index (χ3v) is 4.60. The molecular weight excluding hydrogens is 354 g/mol. The fourth-order valence-corrected chi connectivity index (χ4v) is 3.10. The highest BCUT2D eigenvalue weighted by molar-refractivity contribution is 6.34. The summed E-state index contributed by atoms with van der Waals surface area (Å²) in [6, 6.07) is 14.0. The lowest BCUT2D eigenvalue weighted by Gasteiger charge is -2.16. The minimum atomic E-state index is -0.457. The van der Waals surface area contributed by atoms with Crippen LogP contribution in [0.2, 0.25) is 5.02 Å². The van der Waals surface area contributed by atoms with Crippen LogP contribution < -0.4 is 15.5 Å². The number of rotatable bonds is 4. The van der Waals surface area contributed by atoms with Gasteiger partial charge in [0.25, 0.3) is 5.91 Å². The van der Waals surface area contributed by atoms with Gasteiger partial charge in [0.15, 0.2) is 0 Å². The fourth-order valence-electron chi connectivity index (χ4n) is 2.90. The molecule has 2 aromatic carbocycles. The zero-order valence-electron chi connectivity index (χ0n) is 14.2. The summed E-state index contributed by atoms with van der Waals surface area (Å²) >= 11 is 6.01. The van der Waals surface area contributed by atoms with Crippen LogP contribution in [-0.2, 0) is 9.59 Å². The lowest BCUT2D eigenvalue weighted by atomic mass is 10.1.